The van der Waals surface area contributed by atoms with Gasteiger partial charge in [0, 0.05) is 38.3 Å². The maximum atomic E-state index is 12.5. The second-order valence-electron chi connectivity index (χ2n) is 6.62. The summed E-state index contributed by atoms with van der Waals surface area (Å²) in [5.41, 5.74) is 2.12. The van der Waals surface area contributed by atoms with Gasteiger partial charge in [0.15, 0.2) is 0 Å². The molecule has 4 rings (SSSR count). The van der Waals surface area contributed by atoms with Crippen LogP contribution in [0.25, 0.3) is 10.8 Å². The van der Waals surface area contributed by atoms with Gasteiger partial charge in [0.25, 0.3) is 5.91 Å². The minimum absolute atomic E-state index is 0.144. The van der Waals surface area contributed by atoms with E-state index in [4.69, 9.17) is 0 Å². The van der Waals surface area contributed by atoms with Crippen LogP contribution >= 0.6 is 0 Å². The second kappa shape index (κ2) is 7.08. The van der Waals surface area contributed by atoms with E-state index in [1.165, 1.54) is 16.3 Å². The highest BCUT2D eigenvalue weighted by atomic mass is 16.2. The molecule has 0 N–H and O–H groups in total. The summed E-state index contributed by atoms with van der Waals surface area (Å²) < 4.78 is 0. The van der Waals surface area contributed by atoms with Crippen molar-refractivity contribution in [3.63, 3.8) is 0 Å². The number of hydrogen-bond acceptors (Lipinski definition) is 2. The van der Waals surface area contributed by atoms with E-state index in [1.54, 1.807) is 0 Å². The summed E-state index contributed by atoms with van der Waals surface area (Å²) in [5.74, 6) is 0.144. The van der Waals surface area contributed by atoms with E-state index < -0.39 is 0 Å². The zero-order valence-electron chi connectivity index (χ0n) is 14.3. The molecule has 0 aromatic heterocycles. The topological polar surface area (TPSA) is 23.6 Å². The molecule has 1 aliphatic heterocycles. The first kappa shape index (κ1) is 15.9. The highest BCUT2D eigenvalue weighted by molar-refractivity contribution is 5.94. The van der Waals surface area contributed by atoms with Crippen LogP contribution in [0.1, 0.15) is 15.9 Å². The molecule has 0 aliphatic carbocycles. The number of benzene rings is 3. The Morgan fingerprint density at radius 3 is 2.20 bits per heavy atom. The van der Waals surface area contributed by atoms with Crippen LogP contribution in [0.4, 0.5) is 0 Å². The molecular weight excluding hydrogens is 308 g/mol. The quantitative estimate of drug-likeness (QED) is 0.729. The van der Waals surface area contributed by atoms with Crippen molar-refractivity contribution < 1.29 is 4.79 Å². The monoisotopic (exact) mass is 330 g/mol. The van der Waals surface area contributed by atoms with Crippen molar-refractivity contribution >= 4 is 16.7 Å². The van der Waals surface area contributed by atoms with E-state index in [9.17, 15) is 4.79 Å². The third-order valence-corrected chi connectivity index (χ3v) is 4.90. The van der Waals surface area contributed by atoms with Crippen molar-refractivity contribution in [2.45, 2.75) is 6.54 Å². The van der Waals surface area contributed by atoms with E-state index in [0.717, 1.165) is 38.3 Å². The Balaban J connectivity index is 1.37. The van der Waals surface area contributed by atoms with Gasteiger partial charge in [0.05, 0.1) is 0 Å². The van der Waals surface area contributed by atoms with E-state index >= 15 is 0 Å². The van der Waals surface area contributed by atoms with Gasteiger partial charge < -0.3 is 4.90 Å². The summed E-state index contributed by atoms with van der Waals surface area (Å²) in [6, 6.07) is 24.7. The van der Waals surface area contributed by atoms with Crippen LogP contribution in [0.15, 0.2) is 72.8 Å². The summed E-state index contributed by atoms with van der Waals surface area (Å²) >= 11 is 0. The molecular formula is C22H22N2O. The standard InChI is InChI=1S/C22H22N2O/c25-22(20-7-2-1-3-8-20)24-14-12-23(13-15-24)17-18-10-11-19-6-4-5-9-21(19)16-18/h1-11,16H,12-15,17H2. The molecule has 0 atom stereocenters. The van der Waals surface area contributed by atoms with Crippen LogP contribution in [0, 0.1) is 0 Å². The molecule has 1 saturated heterocycles. The molecule has 1 heterocycles. The fourth-order valence-electron chi connectivity index (χ4n) is 3.47. The van der Waals surface area contributed by atoms with Gasteiger partial charge in [-0.3, -0.25) is 9.69 Å². The van der Waals surface area contributed by atoms with E-state index in [1.807, 2.05) is 35.2 Å². The fraction of sp³-hybridized carbons (Fsp3) is 0.227. The second-order valence-corrected chi connectivity index (χ2v) is 6.62. The minimum Gasteiger partial charge on any atom is -0.336 e. The maximum Gasteiger partial charge on any atom is 0.253 e. The Morgan fingerprint density at radius 2 is 1.44 bits per heavy atom. The SMILES string of the molecule is O=C(c1ccccc1)N1CCN(Cc2ccc3ccccc3c2)CC1. The first-order valence-electron chi connectivity index (χ1n) is 8.84. The number of carbonyl (C=O) groups excluding carboxylic acids is 1. The maximum absolute atomic E-state index is 12.5. The smallest absolute Gasteiger partial charge is 0.253 e. The Bertz CT molecular complexity index is 867. The molecule has 1 aliphatic rings. The van der Waals surface area contributed by atoms with Gasteiger partial charge in [0.1, 0.15) is 0 Å². The third-order valence-electron chi connectivity index (χ3n) is 4.90. The van der Waals surface area contributed by atoms with E-state index in [2.05, 4.69) is 47.4 Å². The lowest BCUT2D eigenvalue weighted by molar-refractivity contribution is 0.0628. The summed E-state index contributed by atoms with van der Waals surface area (Å²) in [6.07, 6.45) is 0. The molecule has 0 radical (unpaired) electrons. The van der Waals surface area contributed by atoms with Crippen LogP contribution in [-0.2, 0) is 6.54 Å². The minimum atomic E-state index is 0.144. The molecule has 3 nitrogen and oxygen atoms in total. The van der Waals surface area contributed by atoms with Gasteiger partial charge in [-0.2, -0.15) is 0 Å². The molecule has 3 aromatic rings. The highest BCUT2D eigenvalue weighted by Gasteiger charge is 2.21. The summed E-state index contributed by atoms with van der Waals surface area (Å²) in [6.45, 7) is 4.37. The third kappa shape index (κ3) is 3.57. The average molecular weight is 330 g/mol. The first-order chi connectivity index (χ1) is 12.3. The zero-order valence-corrected chi connectivity index (χ0v) is 14.3. The van der Waals surface area contributed by atoms with E-state index in [-0.39, 0.29) is 5.91 Å². The normalized spacial score (nSPS) is 15.4. The molecule has 1 amide bonds. The molecule has 0 spiro atoms. The molecule has 3 aromatic carbocycles. The molecule has 0 saturated carbocycles. The molecule has 126 valence electrons. The average Bonchev–Trinajstić information content (AvgIpc) is 2.69. The predicted molar refractivity (Wildman–Crippen MR) is 102 cm³/mol. The predicted octanol–water partition coefficient (Wildman–Crippen LogP) is 3.80. The lowest BCUT2D eigenvalue weighted by Crippen LogP contribution is -2.48. The first-order valence-corrected chi connectivity index (χ1v) is 8.84. The van der Waals surface area contributed by atoms with E-state index in [0.29, 0.717) is 0 Å². The molecule has 3 heteroatoms. The van der Waals surface area contributed by atoms with Crippen LogP contribution in [-0.4, -0.2) is 41.9 Å². The fourth-order valence-corrected chi connectivity index (χ4v) is 3.47. The highest BCUT2D eigenvalue weighted by Crippen LogP contribution is 2.18. The Kier molecular flexibility index (Phi) is 4.49. The van der Waals surface area contributed by atoms with Gasteiger partial charge >= 0.3 is 0 Å². The van der Waals surface area contributed by atoms with Crippen molar-refractivity contribution in [1.29, 1.82) is 0 Å². The van der Waals surface area contributed by atoms with Crippen LogP contribution in [0.5, 0.6) is 0 Å². The number of nitrogens with zero attached hydrogens (tertiary/aromatic N) is 2. The molecule has 25 heavy (non-hydrogen) atoms. The van der Waals surface area contributed by atoms with Crippen molar-refractivity contribution in [2.24, 2.45) is 0 Å². The molecule has 1 fully saturated rings. The zero-order chi connectivity index (χ0) is 17.1. The summed E-state index contributed by atoms with van der Waals surface area (Å²) in [4.78, 5) is 16.9. The number of carbonyl (C=O) groups is 1. The number of piperazine rings is 1. The van der Waals surface area contributed by atoms with Gasteiger partial charge in [0.2, 0.25) is 0 Å². The van der Waals surface area contributed by atoms with Gasteiger partial charge in [-0.15, -0.1) is 0 Å². The number of hydrogen-bond donors (Lipinski definition) is 0. The molecule has 0 bridgehead atoms. The Hall–Kier alpha value is -2.65. The van der Waals surface area contributed by atoms with Gasteiger partial charge in [-0.25, -0.2) is 0 Å². The van der Waals surface area contributed by atoms with Crippen molar-refractivity contribution in [2.75, 3.05) is 26.2 Å². The lowest BCUT2D eigenvalue weighted by Gasteiger charge is -2.34. The number of rotatable bonds is 3. The Labute approximate surface area is 148 Å². The summed E-state index contributed by atoms with van der Waals surface area (Å²) in [7, 11) is 0. The largest absolute Gasteiger partial charge is 0.336 e. The van der Waals surface area contributed by atoms with Crippen LogP contribution in [0.2, 0.25) is 0 Å². The lowest BCUT2D eigenvalue weighted by atomic mass is 10.1. The van der Waals surface area contributed by atoms with Gasteiger partial charge in [-0.05, 0) is 34.5 Å². The van der Waals surface area contributed by atoms with Crippen LogP contribution in [0.3, 0.4) is 0 Å². The molecule has 0 unspecified atom stereocenters. The summed E-state index contributed by atoms with van der Waals surface area (Å²) in [5, 5.41) is 2.57. The van der Waals surface area contributed by atoms with Crippen LogP contribution < -0.4 is 0 Å². The van der Waals surface area contributed by atoms with Crippen molar-refractivity contribution in [3.05, 3.63) is 83.9 Å². The number of fused-ring (bicyclic) bond motifs is 1. The van der Waals surface area contributed by atoms with Crippen molar-refractivity contribution in [1.82, 2.24) is 9.80 Å². The van der Waals surface area contributed by atoms with Gasteiger partial charge in [-0.1, -0.05) is 54.6 Å². The number of amides is 1. The Morgan fingerprint density at radius 1 is 0.760 bits per heavy atom. The van der Waals surface area contributed by atoms with Crippen molar-refractivity contribution in [3.8, 4) is 0 Å².